The molecular weight excluding hydrogens is 476 g/mol. The number of hydrogen-bond acceptors (Lipinski definition) is 5. The van der Waals surface area contributed by atoms with E-state index in [1.165, 1.54) is 6.20 Å². The monoisotopic (exact) mass is 500 g/mol. The lowest BCUT2D eigenvalue weighted by molar-refractivity contribution is -0.619. The minimum atomic E-state index is -1.46. The highest BCUT2D eigenvalue weighted by Crippen LogP contribution is 2.44. The molecule has 1 amide bonds. The van der Waals surface area contributed by atoms with Crippen LogP contribution < -0.4 is 15.8 Å². The summed E-state index contributed by atoms with van der Waals surface area (Å²) in [7, 11) is 0. The zero-order valence-electron chi connectivity index (χ0n) is 19.8. The van der Waals surface area contributed by atoms with E-state index in [0.717, 1.165) is 44.8 Å². The van der Waals surface area contributed by atoms with Crippen molar-refractivity contribution >= 4 is 40.2 Å². The molecule has 6 rings (SSSR count). The molecule has 1 atom stereocenters. The second-order valence-electron chi connectivity index (χ2n) is 9.74. The quantitative estimate of drug-likeness (QED) is 0.278. The molecule has 0 saturated carbocycles. The Morgan fingerprint density at radius 2 is 1.94 bits per heavy atom. The molecule has 1 unspecified atom stereocenters. The summed E-state index contributed by atoms with van der Waals surface area (Å²) in [6.45, 7) is 1.91. The number of nitrogens with one attached hydrogen (secondary N) is 1. The van der Waals surface area contributed by atoms with Gasteiger partial charge in [0, 0.05) is 51.6 Å². The highest BCUT2D eigenvalue weighted by Gasteiger charge is 2.49. The van der Waals surface area contributed by atoms with Gasteiger partial charge in [-0.05, 0) is 73.2 Å². The third kappa shape index (κ3) is 3.58. The van der Waals surface area contributed by atoms with Crippen LogP contribution in [0.15, 0.2) is 59.4 Å². The number of aliphatic imine (C=N–C) groups is 1. The molecule has 4 N–H and O–H groups in total. The van der Waals surface area contributed by atoms with Gasteiger partial charge in [-0.3, -0.25) is 9.79 Å². The lowest BCUT2D eigenvalue weighted by atomic mass is 9.88. The van der Waals surface area contributed by atoms with Crippen molar-refractivity contribution in [3.63, 3.8) is 0 Å². The van der Waals surface area contributed by atoms with Crippen LogP contribution in [-0.4, -0.2) is 16.7 Å². The van der Waals surface area contributed by atoms with Crippen LogP contribution in [0.5, 0.6) is 0 Å². The first-order valence-corrected chi connectivity index (χ1v) is 12.4. The molecule has 1 aromatic heterocycles. The number of amides is 1. The molecule has 2 aromatic carbocycles. The molecule has 3 aliphatic rings. The number of pyridine rings is 1. The highest BCUT2D eigenvalue weighted by atomic mass is 35.5. The molecule has 3 aromatic rings. The largest absolute Gasteiger partial charge is 0.618 e. The predicted octanol–water partition coefficient (Wildman–Crippen LogP) is 4.52. The van der Waals surface area contributed by atoms with Gasteiger partial charge in [-0.15, -0.1) is 0 Å². The summed E-state index contributed by atoms with van der Waals surface area (Å²) in [5, 5.41) is 28.6. The Bertz CT molecular complexity index is 1530. The standard InChI is InChI=1S/C28H25ClN4O3/c1-15-21(17-3-2-16-4-7-26(34)32-24(16)11-17)13-25(31-15)28(35)9-8-18-10-19(14-33(36)27(18)28)22-12-20(29)5-6-23(22)30/h2-3,5-6,10-12,14,35H,4,7-9,13,30H2,1H3,(H,32,34). The van der Waals surface area contributed by atoms with Gasteiger partial charge in [-0.2, -0.15) is 4.73 Å². The molecule has 7 nitrogen and oxygen atoms in total. The Morgan fingerprint density at radius 3 is 2.78 bits per heavy atom. The van der Waals surface area contributed by atoms with Gasteiger partial charge < -0.3 is 21.4 Å². The Kier molecular flexibility index (Phi) is 5.17. The number of fused-ring (bicyclic) bond motifs is 2. The lowest BCUT2D eigenvalue weighted by Gasteiger charge is -2.23. The zero-order chi connectivity index (χ0) is 25.2. The topological polar surface area (TPSA) is 115 Å². The number of aliphatic hydroxyl groups is 1. The summed E-state index contributed by atoms with van der Waals surface area (Å²) in [5.74, 6) is 0.0180. The van der Waals surface area contributed by atoms with Crippen molar-refractivity contribution in [1.29, 1.82) is 0 Å². The molecule has 0 bridgehead atoms. The van der Waals surface area contributed by atoms with Gasteiger partial charge in [0.2, 0.25) is 11.6 Å². The predicted molar refractivity (Wildman–Crippen MR) is 141 cm³/mol. The summed E-state index contributed by atoms with van der Waals surface area (Å²) in [5.41, 5.74) is 12.9. The van der Waals surface area contributed by atoms with Crippen LogP contribution in [0.2, 0.25) is 5.02 Å². The normalized spacial score (nSPS) is 20.8. The number of nitrogens with two attached hydrogens (primary N) is 1. The molecule has 0 saturated heterocycles. The number of aromatic nitrogens is 1. The number of aryl methyl sites for hydroxylation is 2. The van der Waals surface area contributed by atoms with Gasteiger partial charge in [0.05, 0.1) is 5.71 Å². The number of carbonyl (C=O) groups is 1. The molecule has 2 aliphatic heterocycles. The van der Waals surface area contributed by atoms with Gasteiger partial charge in [0.25, 0.3) is 0 Å². The number of allylic oxidation sites excluding steroid dienone is 2. The van der Waals surface area contributed by atoms with E-state index in [-0.39, 0.29) is 5.91 Å². The van der Waals surface area contributed by atoms with Gasteiger partial charge in [-0.1, -0.05) is 23.7 Å². The lowest BCUT2D eigenvalue weighted by Crippen LogP contribution is -2.45. The Labute approximate surface area is 213 Å². The van der Waals surface area contributed by atoms with Crippen LogP contribution in [0.25, 0.3) is 16.7 Å². The molecule has 0 spiro atoms. The number of anilines is 2. The number of benzene rings is 2. The van der Waals surface area contributed by atoms with Crippen LogP contribution in [0.1, 0.15) is 48.6 Å². The minimum Gasteiger partial charge on any atom is -0.618 e. The first kappa shape index (κ1) is 22.8. The van der Waals surface area contributed by atoms with E-state index >= 15 is 0 Å². The number of carbonyl (C=O) groups excluding carboxylic acids is 1. The van der Waals surface area contributed by atoms with Crippen molar-refractivity contribution in [3.8, 4) is 11.1 Å². The smallest absolute Gasteiger partial charge is 0.233 e. The highest BCUT2D eigenvalue weighted by molar-refractivity contribution is 6.31. The van der Waals surface area contributed by atoms with E-state index in [2.05, 4.69) is 5.32 Å². The maximum atomic E-state index is 13.3. The fourth-order valence-electron chi connectivity index (χ4n) is 5.62. The molecule has 0 fully saturated rings. The number of hydrogen-bond donors (Lipinski definition) is 3. The number of nitrogen functional groups attached to an aromatic ring is 1. The Hall–Kier alpha value is -3.68. The fraction of sp³-hybridized carbons (Fsp3) is 0.250. The van der Waals surface area contributed by atoms with Gasteiger partial charge in [0.15, 0.2) is 11.8 Å². The molecule has 182 valence electrons. The van der Waals surface area contributed by atoms with Crippen LogP contribution in [0.3, 0.4) is 0 Å². The van der Waals surface area contributed by atoms with Crippen LogP contribution in [0, 0.1) is 5.21 Å². The molecule has 0 radical (unpaired) electrons. The van der Waals surface area contributed by atoms with Crippen molar-refractivity contribution in [1.82, 2.24) is 0 Å². The fourth-order valence-corrected chi connectivity index (χ4v) is 5.79. The molecule has 3 heterocycles. The summed E-state index contributed by atoms with van der Waals surface area (Å²) < 4.78 is 0.752. The molecular formula is C28H25ClN4O3. The van der Waals surface area contributed by atoms with E-state index in [0.29, 0.717) is 58.9 Å². The number of halogens is 1. The third-order valence-corrected chi connectivity index (χ3v) is 7.73. The molecule has 36 heavy (non-hydrogen) atoms. The first-order chi connectivity index (χ1) is 17.2. The van der Waals surface area contributed by atoms with E-state index in [1.807, 2.05) is 31.2 Å². The number of nitrogens with zero attached hydrogens (tertiary/aromatic N) is 2. The van der Waals surface area contributed by atoms with Crippen molar-refractivity contribution in [2.75, 3.05) is 11.1 Å². The van der Waals surface area contributed by atoms with Crippen molar-refractivity contribution in [3.05, 3.63) is 87.0 Å². The molecule has 8 heteroatoms. The van der Waals surface area contributed by atoms with E-state index in [4.69, 9.17) is 22.3 Å². The average Bonchev–Trinajstić information content (AvgIpc) is 3.41. The Morgan fingerprint density at radius 1 is 1.11 bits per heavy atom. The summed E-state index contributed by atoms with van der Waals surface area (Å²) in [6.07, 6.45) is 4.01. The maximum absolute atomic E-state index is 13.3. The van der Waals surface area contributed by atoms with Gasteiger partial charge in [-0.25, -0.2) is 0 Å². The van der Waals surface area contributed by atoms with Crippen molar-refractivity contribution in [2.24, 2.45) is 4.99 Å². The summed E-state index contributed by atoms with van der Waals surface area (Å²) >= 11 is 6.16. The summed E-state index contributed by atoms with van der Waals surface area (Å²) in [4.78, 5) is 16.6. The Balaban J connectivity index is 1.32. The van der Waals surface area contributed by atoms with E-state index in [9.17, 15) is 15.1 Å². The second-order valence-corrected chi connectivity index (χ2v) is 10.2. The minimum absolute atomic E-state index is 0.0180. The van der Waals surface area contributed by atoms with Crippen LogP contribution in [0.4, 0.5) is 11.4 Å². The van der Waals surface area contributed by atoms with Crippen molar-refractivity contribution < 1.29 is 14.6 Å². The van der Waals surface area contributed by atoms with Gasteiger partial charge in [0.1, 0.15) is 0 Å². The SMILES string of the molecule is CC1=C(c2ccc3c(c2)NC(=O)CC3)CC(C2(O)CCc3cc(-c4cc(Cl)ccc4N)c[n+]([O-])c32)=N1. The van der Waals surface area contributed by atoms with E-state index < -0.39 is 5.60 Å². The first-order valence-electron chi connectivity index (χ1n) is 12.0. The summed E-state index contributed by atoms with van der Waals surface area (Å²) in [6, 6.07) is 13.1. The zero-order valence-corrected chi connectivity index (χ0v) is 20.5. The maximum Gasteiger partial charge on any atom is 0.233 e. The van der Waals surface area contributed by atoms with Crippen LogP contribution >= 0.6 is 11.6 Å². The van der Waals surface area contributed by atoms with Crippen LogP contribution in [-0.2, 0) is 23.2 Å². The average molecular weight is 501 g/mol. The second kappa shape index (κ2) is 8.18. The van der Waals surface area contributed by atoms with Crippen molar-refractivity contribution in [2.45, 2.75) is 44.6 Å². The number of rotatable bonds is 3. The van der Waals surface area contributed by atoms with Gasteiger partial charge >= 0.3 is 0 Å². The third-order valence-electron chi connectivity index (χ3n) is 7.50. The van der Waals surface area contributed by atoms with E-state index in [1.54, 1.807) is 18.2 Å². The molecule has 1 aliphatic carbocycles.